The third-order valence-electron chi connectivity index (χ3n) is 2.78. The van der Waals surface area contributed by atoms with Gasteiger partial charge >= 0.3 is 0 Å². The fraction of sp³-hybridized carbons (Fsp3) is 1.00. The van der Waals surface area contributed by atoms with Crippen molar-refractivity contribution in [2.24, 2.45) is 0 Å². The Kier molecular flexibility index (Phi) is 9.06. The van der Waals surface area contributed by atoms with Crippen LogP contribution in [0, 0.1) is 0 Å². The summed E-state index contributed by atoms with van der Waals surface area (Å²) < 4.78 is 0. The van der Waals surface area contributed by atoms with Gasteiger partial charge in [-0.3, -0.25) is 4.90 Å². The summed E-state index contributed by atoms with van der Waals surface area (Å²) in [6, 6.07) is 1.20. The van der Waals surface area contributed by atoms with Gasteiger partial charge in [0.15, 0.2) is 0 Å². The molecule has 0 radical (unpaired) electrons. The van der Waals surface area contributed by atoms with E-state index in [1.165, 1.54) is 0 Å². The number of hydrogen-bond acceptors (Lipinski definition) is 3. The highest BCUT2D eigenvalue weighted by atomic mass is 15.2. The lowest BCUT2D eigenvalue weighted by Gasteiger charge is -2.30. The van der Waals surface area contributed by atoms with E-state index < -0.39 is 0 Å². The maximum atomic E-state index is 3.46. The highest BCUT2D eigenvalue weighted by Gasteiger charge is 2.13. The lowest BCUT2D eigenvalue weighted by molar-refractivity contribution is 0.197. The minimum atomic E-state index is 0.582. The van der Waals surface area contributed by atoms with Crippen molar-refractivity contribution in [2.75, 3.05) is 32.7 Å². The zero-order valence-electron chi connectivity index (χ0n) is 11.1. The highest BCUT2D eigenvalue weighted by Crippen LogP contribution is 1.99. The molecule has 92 valence electrons. The molecule has 3 heteroatoms. The molecule has 2 N–H and O–H groups in total. The summed E-state index contributed by atoms with van der Waals surface area (Å²) >= 11 is 0. The van der Waals surface area contributed by atoms with Crippen molar-refractivity contribution in [3.63, 3.8) is 0 Å². The first-order valence-corrected chi connectivity index (χ1v) is 6.33. The molecule has 0 saturated carbocycles. The first kappa shape index (κ1) is 14.9. The Morgan fingerprint density at radius 2 is 1.73 bits per heavy atom. The smallest absolute Gasteiger partial charge is 0.0192 e. The van der Waals surface area contributed by atoms with E-state index in [9.17, 15) is 0 Å². The Morgan fingerprint density at radius 3 is 2.20 bits per heavy atom. The lowest BCUT2D eigenvalue weighted by Crippen LogP contribution is -2.46. The van der Waals surface area contributed by atoms with Crippen LogP contribution >= 0.6 is 0 Å². The summed E-state index contributed by atoms with van der Waals surface area (Å²) in [4.78, 5) is 2.52. The van der Waals surface area contributed by atoms with Crippen LogP contribution in [-0.2, 0) is 0 Å². The summed E-state index contributed by atoms with van der Waals surface area (Å²) in [5.41, 5.74) is 0. The molecule has 0 aromatic heterocycles. The molecule has 0 aliphatic rings. The standard InChI is InChI=1S/C12H29N3/c1-6-13-9-12(5)15(8-3)10-11(4)14-7-2/h11-14H,6-10H2,1-5H3. The summed E-state index contributed by atoms with van der Waals surface area (Å²) in [7, 11) is 0. The van der Waals surface area contributed by atoms with Crippen LogP contribution in [0.2, 0.25) is 0 Å². The largest absolute Gasteiger partial charge is 0.315 e. The molecular formula is C12H29N3. The molecule has 0 fully saturated rings. The summed E-state index contributed by atoms with van der Waals surface area (Å²) in [5.74, 6) is 0. The van der Waals surface area contributed by atoms with Crippen molar-refractivity contribution >= 4 is 0 Å². The molecule has 0 spiro atoms. The molecule has 3 nitrogen and oxygen atoms in total. The zero-order chi connectivity index (χ0) is 11.7. The van der Waals surface area contributed by atoms with Crippen LogP contribution in [0.4, 0.5) is 0 Å². The van der Waals surface area contributed by atoms with E-state index in [0.29, 0.717) is 12.1 Å². The summed E-state index contributed by atoms with van der Waals surface area (Å²) in [6.07, 6.45) is 0. The van der Waals surface area contributed by atoms with E-state index >= 15 is 0 Å². The van der Waals surface area contributed by atoms with Gasteiger partial charge in [0.2, 0.25) is 0 Å². The van der Waals surface area contributed by atoms with E-state index in [1.807, 2.05) is 0 Å². The molecule has 0 amide bonds. The molecule has 0 bridgehead atoms. The number of rotatable bonds is 9. The normalized spacial score (nSPS) is 15.6. The minimum Gasteiger partial charge on any atom is -0.315 e. The van der Waals surface area contributed by atoms with Crippen molar-refractivity contribution < 1.29 is 0 Å². The van der Waals surface area contributed by atoms with Crippen molar-refractivity contribution in [3.8, 4) is 0 Å². The van der Waals surface area contributed by atoms with Gasteiger partial charge in [0.05, 0.1) is 0 Å². The second kappa shape index (κ2) is 9.13. The van der Waals surface area contributed by atoms with E-state index in [1.54, 1.807) is 0 Å². The molecule has 0 saturated heterocycles. The van der Waals surface area contributed by atoms with Gasteiger partial charge in [-0.05, 0) is 33.5 Å². The Hall–Kier alpha value is -0.120. The van der Waals surface area contributed by atoms with Crippen LogP contribution in [-0.4, -0.2) is 49.7 Å². The fourth-order valence-electron chi connectivity index (χ4n) is 1.87. The number of nitrogens with zero attached hydrogens (tertiary/aromatic N) is 1. The minimum absolute atomic E-state index is 0.582. The molecule has 0 aromatic rings. The van der Waals surface area contributed by atoms with Gasteiger partial charge in [-0.25, -0.2) is 0 Å². The average Bonchev–Trinajstić information content (AvgIpc) is 2.22. The predicted molar refractivity (Wildman–Crippen MR) is 68.4 cm³/mol. The van der Waals surface area contributed by atoms with Crippen LogP contribution < -0.4 is 10.6 Å². The number of hydrogen-bond donors (Lipinski definition) is 2. The Labute approximate surface area is 95.6 Å². The van der Waals surface area contributed by atoms with Gasteiger partial charge < -0.3 is 10.6 Å². The first-order chi connectivity index (χ1) is 7.15. The summed E-state index contributed by atoms with van der Waals surface area (Å²) in [5, 5.41) is 6.87. The second-order valence-corrected chi connectivity index (χ2v) is 4.20. The molecular weight excluding hydrogens is 186 g/mol. The predicted octanol–water partition coefficient (Wildman–Crippen LogP) is 1.30. The van der Waals surface area contributed by atoms with Gasteiger partial charge in [0.1, 0.15) is 0 Å². The first-order valence-electron chi connectivity index (χ1n) is 6.33. The number of likely N-dealkylation sites (N-methyl/N-ethyl adjacent to an activating group) is 3. The molecule has 2 atom stereocenters. The number of nitrogens with one attached hydrogen (secondary N) is 2. The van der Waals surface area contributed by atoms with Crippen molar-refractivity contribution in [3.05, 3.63) is 0 Å². The third-order valence-corrected chi connectivity index (χ3v) is 2.78. The van der Waals surface area contributed by atoms with Crippen molar-refractivity contribution in [2.45, 2.75) is 46.7 Å². The van der Waals surface area contributed by atoms with E-state index in [-0.39, 0.29) is 0 Å². The SMILES string of the molecule is CCNCC(C)N(CC)CC(C)NCC. The summed E-state index contributed by atoms with van der Waals surface area (Å²) in [6.45, 7) is 16.6. The Bertz CT molecular complexity index is 139. The molecule has 0 heterocycles. The zero-order valence-corrected chi connectivity index (χ0v) is 11.1. The van der Waals surface area contributed by atoms with E-state index in [0.717, 1.165) is 32.7 Å². The van der Waals surface area contributed by atoms with Crippen LogP contribution in [0.15, 0.2) is 0 Å². The molecule has 0 aliphatic heterocycles. The molecule has 2 unspecified atom stereocenters. The van der Waals surface area contributed by atoms with Crippen molar-refractivity contribution in [1.82, 2.24) is 15.5 Å². The van der Waals surface area contributed by atoms with Gasteiger partial charge in [0, 0.05) is 25.2 Å². The quantitative estimate of drug-likeness (QED) is 0.607. The van der Waals surface area contributed by atoms with Crippen LogP contribution in [0.25, 0.3) is 0 Å². The Morgan fingerprint density at radius 1 is 1.07 bits per heavy atom. The van der Waals surface area contributed by atoms with Gasteiger partial charge in [-0.2, -0.15) is 0 Å². The average molecular weight is 215 g/mol. The topological polar surface area (TPSA) is 27.3 Å². The van der Waals surface area contributed by atoms with Gasteiger partial charge in [-0.15, -0.1) is 0 Å². The monoisotopic (exact) mass is 215 g/mol. The Balaban J connectivity index is 3.88. The van der Waals surface area contributed by atoms with E-state index in [2.05, 4.69) is 50.2 Å². The van der Waals surface area contributed by atoms with Crippen molar-refractivity contribution in [1.29, 1.82) is 0 Å². The maximum Gasteiger partial charge on any atom is 0.0192 e. The van der Waals surface area contributed by atoms with E-state index in [4.69, 9.17) is 0 Å². The molecule has 0 aromatic carbocycles. The van der Waals surface area contributed by atoms with Crippen LogP contribution in [0.5, 0.6) is 0 Å². The van der Waals surface area contributed by atoms with Gasteiger partial charge in [0.25, 0.3) is 0 Å². The maximum absolute atomic E-state index is 3.46. The molecule has 15 heavy (non-hydrogen) atoms. The van der Waals surface area contributed by atoms with Crippen LogP contribution in [0.1, 0.15) is 34.6 Å². The highest BCUT2D eigenvalue weighted by molar-refractivity contribution is 4.73. The van der Waals surface area contributed by atoms with Gasteiger partial charge in [-0.1, -0.05) is 20.8 Å². The second-order valence-electron chi connectivity index (χ2n) is 4.20. The van der Waals surface area contributed by atoms with Crippen LogP contribution in [0.3, 0.4) is 0 Å². The molecule has 0 rings (SSSR count). The molecule has 0 aliphatic carbocycles. The fourth-order valence-corrected chi connectivity index (χ4v) is 1.87. The lowest BCUT2D eigenvalue weighted by atomic mass is 10.2. The third kappa shape index (κ3) is 6.88.